The molecule has 96 valence electrons. The van der Waals surface area contributed by atoms with Crippen LogP contribution in [0.25, 0.3) is 11.1 Å². The SMILES string of the molecule is COC(=O)c1ccccc1-c1ccc2c(c1)CCO2. The summed E-state index contributed by atoms with van der Waals surface area (Å²) in [7, 11) is 1.40. The van der Waals surface area contributed by atoms with Gasteiger partial charge in [-0.3, -0.25) is 0 Å². The number of benzene rings is 2. The molecule has 19 heavy (non-hydrogen) atoms. The number of rotatable bonds is 2. The van der Waals surface area contributed by atoms with Crippen molar-refractivity contribution in [2.45, 2.75) is 6.42 Å². The second-order valence-corrected chi connectivity index (χ2v) is 4.46. The number of carbonyl (C=O) groups excluding carboxylic acids is 1. The summed E-state index contributed by atoms with van der Waals surface area (Å²) in [6, 6.07) is 13.5. The minimum absolute atomic E-state index is 0.313. The average Bonchev–Trinajstić information content (AvgIpc) is 2.93. The van der Waals surface area contributed by atoms with E-state index >= 15 is 0 Å². The molecule has 0 aromatic heterocycles. The Morgan fingerprint density at radius 1 is 1.21 bits per heavy atom. The van der Waals surface area contributed by atoms with E-state index in [0.29, 0.717) is 5.56 Å². The van der Waals surface area contributed by atoms with Crippen molar-refractivity contribution >= 4 is 5.97 Å². The molecule has 0 radical (unpaired) electrons. The molecule has 1 aliphatic heterocycles. The Balaban J connectivity index is 2.09. The second-order valence-electron chi connectivity index (χ2n) is 4.46. The van der Waals surface area contributed by atoms with Crippen LogP contribution in [0.1, 0.15) is 15.9 Å². The van der Waals surface area contributed by atoms with E-state index in [1.165, 1.54) is 12.7 Å². The Kier molecular flexibility index (Phi) is 2.95. The van der Waals surface area contributed by atoms with E-state index in [-0.39, 0.29) is 5.97 Å². The van der Waals surface area contributed by atoms with E-state index in [9.17, 15) is 4.79 Å². The number of fused-ring (bicyclic) bond motifs is 1. The maximum absolute atomic E-state index is 11.8. The van der Waals surface area contributed by atoms with Gasteiger partial charge in [0.05, 0.1) is 19.3 Å². The summed E-state index contributed by atoms with van der Waals surface area (Å²) >= 11 is 0. The van der Waals surface area contributed by atoms with Crippen molar-refractivity contribution in [1.29, 1.82) is 0 Å². The summed E-state index contributed by atoms with van der Waals surface area (Å²) in [5.74, 6) is 0.631. The first kappa shape index (κ1) is 11.8. The molecule has 0 N–H and O–H groups in total. The predicted octanol–water partition coefficient (Wildman–Crippen LogP) is 3.08. The molecule has 0 saturated heterocycles. The lowest BCUT2D eigenvalue weighted by molar-refractivity contribution is 0.0601. The normalized spacial score (nSPS) is 12.7. The maximum Gasteiger partial charge on any atom is 0.338 e. The molecular weight excluding hydrogens is 240 g/mol. The van der Waals surface area contributed by atoms with Gasteiger partial charge in [-0.15, -0.1) is 0 Å². The van der Waals surface area contributed by atoms with Gasteiger partial charge in [0.1, 0.15) is 5.75 Å². The zero-order chi connectivity index (χ0) is 13.2. The van der Waals surface area contributed by atoms with E-state index in [1.807, 2.05) is 30.3 Å². The molecule has 0 fully saturated rings. The van der Waals surface area contributed by atoms with Crippen LogP contribution in [0.4, 0.5) is 0 Å². The first-order valence-electron chi connectivity index (χ1n) is 6.23. The molecule has 3 heteroatoms. The van der Waals surface area contributed by atoms with Crippen molar-refractivity contribution in [3.05, 3.63) is 53.6 Å². The van der Waals surface area contributed by atoms with Crippen LogP contribution < -0.4 is 4.74 Å². The smallest absolute Gasteiger partial charge is 0.338 e. The largest absolute Gasteiger partial charge is 0.493 e. The minimum atomic E-state index is -0.313. The standard InChI is InChI=1S/C16H14O3/c1-18-16(17)14-5-3-2-4-13(14)11-6-7-15-12(10-11)8-9-19-15/h2-7,10H,8-9H2,1H3. The Hall–Kier alpha value is -2.29. The van der Waals surface area contributed by atoms with Crippen LogP contribution in [0.2, 0.25) is 0 Å². The highest BCUT2D eigenvalue weighted by atomic mass is 16.5. The monoisotopic (exact) mass is 254 g/mol. The van der Waals surface area contributed by atoms with E-state index < -0.39 is 0 Å². The van der Waals surface area contributed by atoms with Gasteiger partial charge in [-0.2, -0.15) is 0 Å². The first-order valence-corrected chi connectivity index (χ1v) is 6.23. The molecule has 0 saturated carbocycles. The predicted molar refractivity (Wildman–Crippen MR) is 72.4 cm³/mol. The lowest BCUT2D eigenvalue weighted by atomic mass is 9.97. The quantitative estimate of drug-likeness (QED) is 0.773. The topological polar surface area (TPSA) is 35.5 Å². The van der Waals surface area contributed by atoms with E-state index in [4.69, 9.17) is 9.47 Å². The zero-order valence-corrected chi connectivity index (χ0v) is 10.7. The molecule has 1 heterocycles. The number of methoxy groups -OCH3 is 1. The Morgan fingerprint density at radius 3 is 2.89 bits per heavy atom. The summed E-state index contributed by atoms with van der Waals surface area (Å²) < 4.78 is 10.3. The fraction of sp³-hybridized carbons (Fsp3) is 0.188. The van der Waals surface area contributed by atoms with Crippen LogP contribution in [-0.2, 0) is 11.2 Å². The molecule has 0 amide bonds. The molecule has 0 aliphatic carbocycles. The first-order chi connectivity index (χ1) is 9.29. The van der Waals surface area contributed by atoms with Gasteiger partial charge in [-0.25, -0.2) is 4.79 Å². The fourth-order valence-corrected chi connectivity index (χ4v) is 2.38. The van der Waals surface area contributed by atoms with Crippen molar-refractivity contribution in [3.8, 4) is 16.9 Å². The van der Waals surface area contributed by atoms with E-state index in [1.54, 1.807) is 6.07 Å². The lowest BCUT2D eigenvalue weighted by Gasteiger charge is -2.09. The Morgan fingerprint density at radius 2 is 2.05 bits per heavy atom. The maximum atomic E-state index is 11.8. The zero-order valence-electron chi connectivity index (χ0n) is 10.7. The van der Waals surface area contributed by atoms with Crippen molar-refractivity contribution in [2.24, 2.45) is 0 Å². The third kappa shape index (κ3) is 2.08. The van der Waals surface area contributed by atoms with Crippen molar-refractivity contribution < 1.29 is 14.3 Å². The molecule has 1 aliphatic rings. The van der Waals surface area contributed by atoms with Crippen LogP contribution in [-0.4, -0.2) is 19.7 Å². The molecule has 0 spiro atoms. The summed E-state index contributed by atoms with van der Waals surface area (Å²) in [6.45, 7) is 0.734. The van der Waals surface area contributed by atoms with Crippen LogP contribution in [0.15, 0.2) is 42.5 Å². The average molecular weight is 254 g/mol. The van der Waals surface area contributed by atoms with Crippen LogP contribution >= 0.6 is 0 Å². The number of carbonyl (C=O) groups is 1. The molecule has 0 atom stereocenters. The molecular formula is C16H14O3. The van der Waals surface area contributed by atoms with Crippen LogP contribution in [0.5, 0.6) is 5.75 Å². The Bertz CT molecular complexity index is 632. The van der Waals surface area contributed by atoms with Gasteiger partial charge >= 0.3 is 5.97 Å². The van der Waals surface area contributed by atoms with E-state index in [2.05, 4.69) is 6.07 Å². The summed E-state index contributed by atoms with van der Waals surface area (Å²) in [4.78, 5) is 11.8. The van der Waals surface area contributed by atoms with Crippen LogP contribution in [0, 0.1) is 0 Å². The minimum Gasteiger partial charge on any atom is -0.493 e. The van der Waals surface area contributed by atoms with Gasteiger partial charge in [0, 0.05) is 6.42 Å². The molecule has 3 rings (SSSR count). The third-order valence-electron chi connectivity index (χ3n) is 3.33. The van der Waals surface area contributed by atoms with Gasteiger partial charge in [0.25, 0.3) is 0 Å². The number of esters is 1. The van der Waals surface area contributed by atoms with Gasteiger partial charge in [-0.05, 0) is 34.9 Å². The van der Waals surface area contributed by atoms with Gasteiger partial charge < -0.3 is 9.47 Å². The van der Waals surface area contributed by atoms with Gasteiger partial charge in [0.2, 0.25) is 0 Å². The molecule has 0 unspecified atom stereocenters. The highest BCUT2D eigenvalue weighted by molar-refractivity contribution is 5.97. The third-order valence-corrected chi connectivity index (χ3v) is 3.33. The Labute approximate surface area is 111 Å². The van der Waals surface area contributed by atoms with E-state index in [0.717, 1.165) is 29.9 Å². The number of hydrogen-bond acceptors (Lipinski definition) is 3. The highest BCUT2D eigenvalue weighted by Gasteiger charge is 2.16. The van der Waals surface area contributed by atoms with Crippen LogP contribution in [0.3, 0.4) is 0 Å². The van der Waals surface area contributed by atoms with Crippen molar-refractivity contribution in [2.75, 3.05) is 13.7 Å². The van der Waals surface area contributed by atoms with Gasteiger partial charge in [0.15, 0.2) is 0 Å². The van der Waals surface area contributed by atoms with Gasteiger partial charge in [-0.1, -0.05) is 24.3 Å². The molecule has 2 aromatic carbocycles. The number of hydrogen-bond donors (Lipinski definition) is 0. The highest BCUT2D eigenvalue weighted by Crippen LogP contribution is 2.32. The lowest BCUT2D eigenvalue weighted by Crippen LogP contribution is -2.03. The molecule has 0 bridgehead atoms. The van der Waals surface area contributed by atoms with Crippen molar-refractivity contribution in [3.63, 3.8) is 0 Å². The van der Waals surface area contributed by atoms with Crippen molar-refractivity contribution in [1.82, 2.24) is 0 Å². The summed E-state index contributed by atoms with van der Waals surface area (Å²) in [5.41, 5.74) is 3.69. The number of ether oxygens (including phenoxy) is 2. The summed E-state index contributed by atoms with van der Waals surface area (Å²) in [5, 5.41) is 0. The summed E-state index contributed by atoms with van der Waals surface area (Å²) in [6.07, 6.45) is 0.920. The fourth-order valence-electron chi connectivity index (χ4n) is 2.38. The molecule has 2 aromatic rings. The molecule has 3 nitrogen and oxygen atoms in total. The second kappa shape index (κ2) is 4.76.